The molecule has 0 saturated carbocycles. The van der Waals surface area contributed by atoms with Gasteiger partial charge in [0.1, 0.15) is 5.15 Å². The van der Waals surface area contributed by atoms with E-state index in [1.54, 1.807) is 18.2 Å². The highest BCUT2D eigenvalue weighted by atomic mass is 35.5. The summed E-state index contributed by atoms with van der Waals surface area (Å²) in [4.78, 5) is 8.84. The van der Waals surface area contributed by atoms with Gasteiger partial charge in [-0.25, -0.2) is 9.97 Å². The third-order valence-electron chi connectivity index (χ3n) is 3.11. The third kappa shape index (κ3) is 2.82. The van der Waals surface area contributed by atoms with Crippen LogP contribution in [0.4, 0.5) is 0 Å². The van der Waals surface area contributed by atoms with Crippen LogP contribution in [0.2, 0.25) is 20.2 Å². The second-order valence-corrected chi connectivity index (χ2v) is 6.22. The zero-order valence-electron chi connectivity index (χ0n) is 10.8. The van der Waals surface area contributed by atoms with E-state index in [0.29, 0.717) is 36.9 Å². The van der Waals surface area contributed by atoms with Crippen molar-refractivity contribution >= 4 is 57.3 Å². The van der Waals surface area contributed by atoms with Crippen LogP contribution in [-0.2, 0) is 0 Å². The number of hydrogen-bond acceptors (Lipinski definition) is 2. The molecule has 0 aliphatic rings. The average Bonchev–Trinajstić information content (AvgIpc) is 2.42. The molecule has 0 atom stereocenters. The summed E-state index contributed by atoms with van der Waals surface area (Å²) >= 11 is 24.5. The number of fused-ring (bicyclic) bond motifs is 1. The Morgan fingerprint density at radius 3 is 2.38 bits per heavy atom. The summed E-state index contributed by atoms with van der Waals surface area (Å²) in [6.07, 6.45) is 0. The van der Waals surface area contributed by atoms with E-state index in [2.05, 4.69) is 9.97 Å². The van der Waals surface area contributed by atoms with Gasteiger partial charge in [-0.1, -0.05) is 52.5 Å². The summed E-state index contributed by atoms with van der Waals surface area (Å²) in [7, 11) is 0. The lowest BCUT2D eigenvalue weighted by Gasteiger charge is -2.09. The van der Waals surface area contributed by atoms with E-state index in [4.69, 9.17) is 46.4 Å². The van der Waals surface area contributed by atoms with Crippen molar-refractivity contribution in [1.29, 1.82) is 0 Å². The quantitative estimate of drug-likeness (QED) is 0.483. The van der Waals surface area contributed by atoms with Crippen molar-refractivity contribution in [3.8, 4) is 11.4 Å². The van der Waals surface area contributed by atoms with Gasteiger partial charge in [-0.2, -0.15) is 0 Å². The molecule has 0 N–H and O–H groups in total. The topological polar surface area (TPSA) is 25.8 Å². The largest absolute Gasteiger partial charge is 0.226 e. The van der Waals surface area contributed by atoms with Crippen LogP contribution in [0, 0.1) is 6.92 Å². The molecule has 0 unspecified atom stereocenters. The molecule has 0 spiro atoms. The molecule has 0 bridgehead atoms. The van der Waals surface area contributed by atoms with Gasteiger partial charge in [0.25, 0.3) is 0 Å². The molecular weight excluding hydrogens is 350 g/mol. The molecule has 0 radical (unpaired) electrons. The molecule has 3 aromatic rings. The number of benzene rings is 2. The highest BCUT2D eigenvalue weighted by molar-refractivity contribution is 6.41. The minimum atomic E-state index is 0.304. The lowest BCUT2D eigenvalue weighted by molar-refractivity contribution is 1.21. The number of halogens is 4. The summed E-state index contributed by atoms with van der Waals surface area (Å²) in [5, 5.41) is 2.46. The Balaban J connectivity index is 2.33. The predicted octanol–water partition coefficient (Wildman–Crippen LogP) is 6.22. The Kier molecular flexibility index (Phi) is 3.98. The summed E-state index contributed by atoms with van der Waals surface area (Å²) in [5.74, 6) is 0.483. The molecule has 2 nitrogen and oxygen atoms in total. The zero-order valence-corrected chi connectivity index (χ0v) is 13.8. The van der Waals surface area contributed by atoms with E-state index < -0.39 is 0 Å². The monoisotopic (exact) mass is 356 g/mol. The number of rotatable bonds is 1. The van der Waals surface area contributed by atoms with Crippen LogP contribution >= 0.6 is 46.4 Å². The van der Waals surface area contributed by atoms with Gasteiger partial charge in [-0.3, -0.25) is 0 Å². The van der Waals surface area contributed by atoms with E-state index in [1.165, 1.54) is 0 Å². The molecule has 21 heavy (non-hydrogen) atoms. The summed E-state index contributed by atoms with van der Waals surface area (Å²) in [5.41, 5.74) is 2.38. The van der Waals surface area contributed by atoms with Gasteiger partial charge in [-0.05, 0) is 36.8 Å². The van der Waals surface area contributed by atoms with E-state index in [0.717, 1.165) is 11.1 Å². The average molecular weight is 358 g/mol. The van der Waals surface area contributed by atoms with Crippen LogP contribution in [0.15, 0.2) is 30.3 Å². The lowest BCUT2D eigenvalue weighted by Crippen LogP contribution is -1.94. The van der Waals surface area contributed by atoms with Crippen molar-refractivity contribution in [2.45, 2.75) is 6.92 Å². The smallest absolute Gasteiger partial charge is 0.161 e. The molecule has 0 fully saturated rings. The third-order valence-corrected chi connectivity index (χ3v) is 4.14. The van der Waals surface area contributed by atoms with E-state index in [-0.39, 0.29) is 0 Å². The van der Waals surface area contributed by atoms with Gasteiger partial charge in [0, 0.05) is 21.0 Å². The number of aromatic nitrogens is 2. The zero-order chi connectivity index (χ0) is 15.1. The van der Waals surface area contributed by atoms with Gasteiger partial charge in [0.2, 0.25) is 0 Å². The van der Waals surface area contributed by atoms with Gasteiger partial charge in [-0.15, -0.1) is 0 Å². The molecule has 6 heteroatoms. The number of hydrogen-bond donors (Lipinski definition) is 0. The highest BCUT2D eigenvalue weighted by Crippen LogP contribution is 2.33. The standard InChI is InChI=1S/C15H8Cl4N2/c1-7-2-3-8(16)4-10(7)15-20-13-11(14(19)21-15)5-9(17)6-12(13)18/h2-6H,1H3. The predicted molar refractivity (Wildman–Crippen MR) is 89.8 cm³/mol. The molecule has 2 aromatic carbocycles. The molecular formula is C15H8Cl4N2. The first-order valence-corrected chi connectivity index (χ1v) is 7.55. The second-order valence-electron chi connectivity index (χ2n) is 4.58. The maximum atomic E-state index is 6.25. The number of nitrogens with zero attached hydrogens (tertiary/aromatic N) is 2. The molecule has 0 aliphatic heterocycles. The van der Waals surface area contributed by atoms with Crippen LogP contribution in [0.5, 0.6) is 0 Å². The van der Waals surface area contributed by atoms with Gasteiger partial charge < -0.3 is 0 Å². The first-order chi connectivity index (χ1) is 9.95. The van der Waals surface area contributed by atoms with Crippen LogP contribution in [0.3, 0.4) is 0 Å². The first kappa shape index (κ1) is 14.9. The van der Waals surface area contributed by atoms with E-state index >= 15 is 0 Å². The van der Waals surface area contributed by atoms with Gasteiger partial charge in [0.05, 0.1) is 10.5 Å². The summed E-state index contributed by atoms with van der Waals surface area (Å²) < 4.78 is 0. The number of aryl methyl sites for hydroxylation is 1. The Morgan fingerprint density at radius 1 is 0.857 bits per heavy atom. The van der Waals surface area contributed by atoms with E-state index in [9.17, 15) is 0 Å². The van der Waals surface area contributed by atoms with Crippen LogP contribution in [0.25, 0.3) is 22.3 Å². The van der Waals surface area contributed by atoms with Gasteiger partial charge in [0.15, 0.2) is 5.82 Å². The molecule has 1 heterocycles. The van der Waals surface area contributed by atoms with Crippen LogP contribution in [0.1, 0.15) is 5.56 Å². The minimum Gasteiger partial charge on any atom is -0.226 e. The van der Waals surface area contributed by atoms with Crippen molar-refractivity contribution in [3.63, 3.8) is 0 Å². The normalized spacial score (nSPS) is 11.1. The van der Waals surface area contributed by atoms with E-state index in [1.807, 2.05) is 19.1 Å². The van der Waals surface area contributed by atoms with Crippen molar-refractivity contribution in [3.05, 3.63) is 56.1 Å². The molecule has 0 saturated heterocycles. The maximum absolute atomic E-state index is 6.25. The fourth-order valence-electron chi connectivity index (χ4n) is 2.08. The minimum absolute atomic E-state index is 0.304. The Hall–Kier alpha value is -1.06. The SMILES string of the molecule is Cc1ccc(Cl)cc1-c1nc(Cl)c2cc(Cl)cc(Cl)c2n1. The van der Waals surface area contributed by atoms with Crippen molar-refractivity contribution < 1.29 is 0 Å². The van der Waals surface area contributed by atoms with Crippen molar-refractivity contribution in [2.75, 3.05) is 0 Å². The fourth-order valence-corrected chi connectivity index (χ4v) is 3.01. The summed E-state index contributed by atoms with van der Waals surface area (Å²) in [6, 6.07) is 8.85. The Bertz CT molecular complexity index is 862. The van der Waals surface area contributed by atoms with Gasteiger partial charge >= 0.3 is 0 Å². The van der Waals surface area contributed by atoms with Crippen molar-refractivity contribution in [2.24, 2.45) is 0 Å². The van der Waals surface area contributed by atoms with Crippen LogP contribution in [-0.4, -0.2) is 9.97 Å². The molecule has 106 valence electrons. The molecule has 1 aromatic heterocycles. The summed E-state index contributed by atoms with van der Waals surface area (Å²) in [6.45, 7) is 1.95. The molecule has 3 rings (SSSR count). The Labute approximate surface area is 141 Å². The highest BCUT2D eigenvalue weighted by Gasteiger charge is 2.13. The van der Waals surface area contributed by atoms with Crippen LogP contribution < -0.4 is 0 Å². The maximum Gasteiger partial charge on any atom is 0.161 e. The van der Waals surface area contributed by atoms with Crippen molar-refractivity contribution in [1.82, 2.24) is 9.97 Å². The molecule has 0 amide bonds. The lowest BCUT2D eigenvalue weighted by atomic mass is 10.1. The molecule has 0 aliphatic carbocycles. The fraction of sp³-hybridized carbons (Fsp3) is 0.0667. The Morgan fingerprint density at radius 2 is 1.62 bits per heavy atom. The second kappa shape index (κ2) is 5.62. The first-order valence-electron chi connectivity index (χ1n) is 6.04.